The van der Waals surface area contributed by atoms with Gasteiger partial charge in [-0.2, -0.15) is 0 Å². The molecule has 0 saturated heterocycles. The summed E-state index contributed by atoms with van der Waals surface area (Å²) in [5, 5.41) is 6.63. The highest BCUT2D eigenvalue weighted by Crippen LogP contribution is 2.32. The van der Waals surface area contributed by atoms with Gasteiger partial charge in [-0.1, -0.05) is 41.9 Å². The van der Waals surface area contributed by atoms with Gasteiger partial charge in [0.25, 0.3) is 0 Å². The molecule has 3 rings (SSSR count). The first-order chi connectivity index (χ1) is 12.0. The third-order valence-electron chi connectivity index (χ3n) is 3.53. The maximum absolute atomic E-state index is 13.5. The smallest absolute Gasteiger partial charge is 0.319 e. The molecule has 0 aliphatic rings. The van der Waals surface area contributed by atoms with E-state index in [0.29, 0.717) is 11.6 Å². The zero-order valence-electron chi connectivity index (χ0n) is 13.3. The van der Waals surface area contributed by atoms with Crippen LogP contribution in [0.25, 0.3) is 10.6 Å². The standard InChI is InChI=1S/C18H15ClFN3OS/c1-11-16(25-17(22-11)12-6-2-3-7-13(12)19)10-21-18(24)23-15-9-5-4-8-14(15)20/h2-9H,10H2,1H3,(H2,21,23,24). The summed E-state index contributed by atoms with van der Waals surface area (Å²) in [6.07, 6.45) is 0. The Morgan fingerprint density at radius 3 is 2.68 bits per heavy atom. The fraction of sp³-hybridized carbons (Fsp3) is 0.111. The van der Waals surface area contributed by atoms with Crippen molar-refractivity contribution in [2.45, 2.75) is 13.5 Å². The first kappa shape index (κ1) is 17.4. The van der Waals surface area contributed by atoms with E-state index in [0.717, 1.165) is 21.1 Å². The van der Waals surface area contributed by atoms with Gasteiger partial charge in [-0.15, -0.1) is 11.3 Å². The minimum absolute atomic E-state index is 0.137. The molecule has 4 nitrogen and oxygen atoms in total. The first-order valence-electron chi connectivity index (χ1n) is 7.55. The summed E-state index contributed by atoms with van der Waals surface area (Å²) in [5.74, 6) is -0.479. The number of anilines is 1. The number of nitrogens with zero attached hydrogens (tertiary/aromatic N) is 1. The summed E-state index contributed by atoms with van der Waals surface area (Å²) < 4.78 is 13.5. The molecular weight excluding hydrogens is 361 g/mol. The third kappa shape index (κ3) is 4.15. The molecule has 2 amide bonds. The number of halogens is 2. The van der Waals surface area contributed by atoms with E-state index in [-0.39, 0.29) is 5.69 Å². The van der Waals surface area contributed by atoms with E-state index < -0.39 is 11.8 Å². The van der Waals surface area contributed by atoms with Gasteiger partial charge in [0, 0.05) is 10.4 Å². The van der Waals surface area contributed by atoms with Crippen LogP contribution in [-0.2, 0) is 6.54 Å². The maximum atomic E-state index is 13.5. The second-order valence-corrected chi connectivity index (χ2v) is 6.79. The first-order valence-corrected chi connectivity index (χ1v) is 8.74. The van der Waals surface area contributed by atoms with E-state index in [2.05, 4.69) is 15.6 Å². The summed E-state index contributed by atoms with van der Waals surface area (Å²) in [6, 6.07) is 13.0. The van der Waals surface area contributed by atoms with Gasteiger partial charge in [0.1, 0.15) is 10.8 Å². The lowest BCUT2D eigenvalue weighted by molar-refractivity contribution is 0.251. The van der Waals surface area contributed by atoms with Gasteiger partial charge in [0.05, 0.1) is 22.9 Å². The fourth-order valence-electron chi connectivity index (χ4n) is 2.23. The second kappa shape index (κ2) is 7.63. The van der Waals surface area contributed by atoms with Gasteiger partial charge in [-0.3, -0.25) is 0 Å². The molecule has 128 valence electrons. The third-order valence-corrected chi connectivity index (χ3v) is 5.05. The average Bonchev–Trinajstić information content (AvgIpc) is 2.96. The van der Waals surface area contributed by atoms with Crippen molar-refractivity contribution in [2.24, 2.45) is 0 Å². The molecule has 0 aliphatic carbocycles. The molecule has 0 spiro atoms. The summed E-state index contributed by atoms with van der Waals surface area (Å²) in [6.45, 7) is 2.18. The van der Waals surface area contributed by atoms with Crippen molar-refractivity contribution in [3.8, 4) is 10.6 Å². The predicted molar refractivity (Wildman–Crippen MR) is 99.6 cm³/mol. The molecule has 0 aliphatic heterocycles. The number of rotatable bonds is 4. The van der Waals surface area contributed by atoms with Crippen molar-refractivity contribution < 1.29 is 9.18 Å². The summed E-state index contributed by atoms with van der Waals surface area (Å²) in [4.78, 5) is 17.4. The van der Waals surface area contributed by atoms with E-state index in [1.165, 1.54) is 23.5 Å². The lowest BCUT2D eigenvalue weighted by Crippen LogP contribution is -2.28. The minimum atomic E-state index is -0.479. The number of carbonyl (C=O) groups excluding carboxylic acids is 1. The van der Waals surface area contributed by atoms with Gasteiger partial charge in [-0.25, -0.2) is 14.2 Å². The predicted octanol–water partition coefficient (Wildman–Crippen LogP) is 5.23. The van der Waals surface area contributed by atoms with Gasteiger partial charge in [-0.05, 0) is 25.1 Å². The van der Waals surface area contributed by atoms with Crippen molar-refractivity contribution in [1.82, 2.24) is 10.3 Å². The Bertz CT molecular complexity index is 913. The highest BCUT2D eigenvalue weighted by molar-refractivity contribution is 7.15. The highest BCUT2D eigenvalue weighted by Gasteiger charge is 2.13. The van der Waals surface area contributed by atoms with E-state index >= 15 is 0 Å². The Morgan fingerprint density at radius 2 is 1.92 bits per heavy atom. The average molecular weight is 376 g/mol. The molecule has 0 atom stereocenters. The number of aryl methyl sites for hydroxylation is 1. The van der Waals surface area contributed by atoms with Crippen LogP contribution in [0.1, 0.15) is 10.6 Å². The quantitative estimate of drug-likeness (QED) is 0.655. The molecule has 7 heteroatoms. The molecule has 1 heterocycles. The molecule has 2 aromatic carbocycles. The van der Waals surface area contributed by atoms with Crippen LogP contribution < -0.4 is 10.6 Å². The van der Waals surface area contributed by atoms with Gasteiger partial charge in [0.2, 0.25) is 0 Å². The molecule has 0 saturated carbocycles. The summed E-state index contributed by atoms with van der Waals surface area (Å²) in [7, 11) is 0. The Kier molecular flexibility index (Phi) is 5.31. The maximum Gasteiger partial charge on any atom is 0.319 e. The topological polar surface area (TPSA) is 54.0 Å². The Hall–Kier alpha value is -2.44. The number of carbonyl (C=O) groups is 1. The number of hydrogen-bond donors (Lipinski definition) is 2. The van der Waals surface area contributed by atoms with E-state index in [1.54, 1.807) is 12.1 Å². The van der Waals surface area contributed by atoms with Gasteiger partial charge >= 0.3 is 6.03 Å². The molecule has 3 aromatic rings. The molecule has 0 radical (unpaired) electrons. The SMILES string of the molecule is Cc1nc(-c2ccccc2Cl)sc1CNC(=O)Nc1ccccc1F. The number of benzene rings is 2. The molecule has 0 bridgehead atoms. The summed E-state index contributed by atoms with van der Waals surface area (Å²) >= 11 is 7.67. The normalized spacial score (nSPS) is 10.5. The summed E-state index contributed by atoms with van der Waals surface area (Å²) in [5.41, 5.74) is 1.82. The van der Waals surface area contributed by atoms with Crippen molar-refractivity contribution in [2.75, 3.05) is 5.32 Å². The van der Waals surface area contributed by atoms with E-state index in [1.807, 2.05) is 31.2 Å². The number of nitrogens with one attached hydrogen (secondary N) is 2. The number of aromatic nitrogens is 1. The monoisotopic (exact) mass is 375 g/mol. The molecule has 25 heavy (non-hydrogen) atoms. The Morgan fingerprint density at radius 1 is 1.20 bits per heavy atom. The van der Waals surface area contributed by atoms with E-state index in [9.17, 15) is 9.18 Å². The number of hydrogen-bond acceptors (Lipinski definition) is 3. The number of thiazole rings is 1. The van der Waals surface area contributed by atoms with Gasteiger partial charge in [0.15, 0.2) is 0 Å². The molecular formula is C18H15ClFN3OS. The highest BCUT2D eigenvalue weighted by atomic mass is 35.5. The van der Waals surface area contributed by atoms with Crippen molar-refractivity contribution in [3.05, 3.63) is 69.9 Å². The van der Waals surface area contributed by atoms with Crippen LogP contribution in [0.4, 0.5) is 14.9 Å². The van der Waals surface area contributed by atoms with E-state index in [4.69, 9.17) is 11.6 Å². The molecule has 2 N–H and O–H groups in total. The zero-order valence-corrected chi connectivity index (χ0v) is 14.9. The second-order valence-electron chi connectivity index (χ2n) is 5.29. The number of amides is 2. The fourth-order valence-corrected chi connectivity index (χ4v) is 3.55. The Balaban J connectivity index is 1.67. The lowest BCUT2D eigenvalue weighted by atomic mass is 10.2. The lowest BCUT2D eigenvalue weighted by Gasteiger charge is -2.07. The number of urea groups is 1. The largest absolute Gasteiger partial charge is 0.333 e. The Labute approximate surface area is 153 Å². The number of para-hydroxylation sites is 1. The van der Waals surface area contributed by atoms with Crippen LogP contribution in [0.15, 0.2) is 48.5 Å². The van der Waals surface area contributed by atoms with Crippen molar-refractivity contribution in [1.29, 1.82) is 0 Å². The van der Waals surface area contributed by atoms with Crippen LogP contribution in [0.5, 0.6) is 0 Å². The molecule has 1 aromatic heterocycles. The zero-order chi connectivity index (χ0) is 17.8. The van der Waals surface area contributed by atoms with Crippen molar-refractivity contribution in [3.63, 3.8) is 0 Å². The molecule has 0 unspecified atom stereocenters. The van der Waals surface area contributed by atoms with Crippen LogP contribution in [0.2, 0.25) is 5.02 Å². The molecule has 0 fully saturated rings. The van der Waals surface area contributed by atoms with Gasteiger partial charge < -0.3 is 10.6 Å². The van der Waals surface area contributed by atoms with Crippen LogP contribution in [-0.4, -0.2) is 11.0 Å². The minimum Gasteiger partial charge on any atom is -0.333 e. The van der Waals surface area contributed by atoms with Crippen LogP contribution in [0.3, 0.4) is 0 Å². The van der Waals surface area contributed by atoms with Crippen molar-refractivity contribution >= 4 is 34.7 Å². The van der Waals surface area contributed by atoms with Crippen LogP contribution in [0, 0.1) is 12.7 Å². The van der Waals surface area contributed by atoms with Crippen LogP contribution >= 0.6 is 22.9 Å².